The summed E-state index contributed by atoms with van der Waals surface area (Å²) >= 11 is 0. The Bertz CT molecular complexity index is 716. The summed E-state index contributed by atoms with van der Waals surface area (Å²) in [6, 6.07) is 8.84. The van der Waals surface area contributed by atoms with Crippen molar-refractivity contribution in [2.45, 2.75) is 20.1 Å². The number of carbonyl (C=O) groups is 2. The zero-order chi connectivity index (χ0) is 16.1. The largest absolute Gasteiger partial charge is 0.471 e. The molecule has 0 N–H and O–H groups in total. The lowest BCUT2D eigenvalue weighted by Crippen LogP contribution is -2.22. The van der Waals surface area contributed by atoms with Crippen LogP contribution < -0.4 is 5.43 Å². The highest BCUT2D eigenvalue weighted by atomic mass is 16.7. The smallest absolute Gasteiger partial charge is 0.305 e. The summed E-state index contributed by atoms with van der Waals surface area (Å²) < 4.78 is 14.9. The summed E-state index contributed by atoms with van der Waals surface area (Å²) in [6.45, 7) is 2.30. The van der Waals surface area contributed by atoms with E-state index >= 15 is 0 Å². The number of hydrogen-bond acceptors (Lipinski definition) is 6. The van der Waals surface area contributed by atoms with E-state index < -0.39 is 23.7 Å². The van der Waals surface area contributed by atoms with Crippen LogP contribution in [0.1, 0.15) is 25.7 Å². The van der Waals surface area contributed by atoms with E-state index in [0.29, 0.717) is 5.56 Å². The van der Waals surface area contributed by atoms with Gasteiger partial charge >= 0.3 is 11.9 Å². The molecule has 1 aromatic carbocycles. The minimum atomic E-state index is -1.44. The molecule has 0 aliphatic heterocycles. The molecule has 2 aromatic rings. The molecule has 1 heterocycles. The first-order chi connectivity index (χ1) is 10.5. The topological polar surface area (TPSA) is 82.8 Å². The second-order valence-corrected chi connectivity index (χ2v) is 4.49. The van der Waals surface area contributed by atoms with Crippen LogP contribution in [-0.2, 0) is 19.1 Å². The average Bonchev–Trinajstić information content (AvgIpc) is 2.47. The molecule has 1 aromatic heterocycles. The first-order valence-electron chi connectivity index (χ1n) is 6.49. The molecular formula is C16H14O6. The molecule has 0 fully saturated rings. The molecule has 0 saturated carbocycles. The van der Waals surface area contributed by atoms with Gasteiger partial charge in [0.2, 0.25) is 5.43 Å². The van der Waals surface area contributed by atoms with Crippen LogP contribution in [0.15, 0.2) is 52.1 Å². The Morgan fingerprint density at radius 2 is 1.59 bits per heavy atom. The number of hydrogen-bond donors (Lipinski definition) is 0. The first-order valence-corrected chi connectivity index (χ1v) is 6.49. The highest BCUT2D eigenvalue weighted by Crippen LogP contribution is 2.21. The monoisotopic (exact) mass is 302 g/mol. The highest BCUT2D eigenvalue weighted by Gasteiger charge is 2.23. The molecule has 22 heavy (non-hydrogen) atoms. The second-order valence-electron chi connectivity index (χ2n) is 4.49. The minimum Gasteiger partial charge on any atom is -0.471 e. The predicted molar refractivity (Wildman–Crippen MR) is 76.7 cm³/mol. The van der Waals surface area contributed by atoms with Crippen molar-refractivity contribution in [2.24, 2.45) is 0 Å². The standard InChI is InChI=1S/C16H14O6/c1-10(17)21-16(22-11(2)18)14-9-20-8-13(15(14)19)12-6-4-3-5-7-12/h3-9,16H,1-2H3. The van der Waals surface area contributed by atoms with Gasteiger partial charge in [-0.05, 0) is 5.56 Å². The van der Waals surface area contributed by atoms with Crippen LogP contribution in [0.25, 0.3) is 11.1 Å². The van der Waals surface area contributed by atoms with Gasteiger partial charge in [-0.3, -0.25) is 14.4 Å². The Morgan fingerprint density at radius 3 is 2.14 bits per heavy atom. The van der Waals surface area contributed by atoms with Crippen LogP contribution in [-0.4, -0.2) is 11.9 Å². The molecule has 0 saturated heterocycles. The molecule has 0 bridgehead atoms. The van der Waals surface area contributed by atoms with E-state index in [2.05, 4.69) is 0 Å². The van der Waals surface area contributed by atoms with Gasteiger partial charge in [-0.15, -0.1) is 0 Å². The van der Waals surface area contributed by atoms with E-state index in [9.17, 15) is 14.4 Å². The number of benzene rings is 1. The average molecular weight is 302 g/mol. The van der Waals surface area contributed by atoms with E-state index in [1.807, 2.05) is 6.07 Å². The molecule has 0 aliphatic rings. The Balaban J connectivity index is 2.48. The second kappa shape index (κ2) is 6.71. The van der Waals surface area contributed by atoms with E-state index in [1.165, 1.54) is 6.26 Å². The fourth-order valence-electron chi connectivity index (χ4n) is 1.87. The van der Waals surface area contributed by atoms with Crippen molar-refractivity contribution in [2.75, 3.05) is 0 Å². The van der Waals surface area contributed by atoms with Gasteiger partial charge in [0.1, 0.15) is 18.1 Å². The summed E-state index contributed by atoms with van der Waals surface area (Å²) in [5, 5.41) is 0. The molecule has 0 amide bonds. The van der Waals surface area contributed by atoms with Crippen molar-refractivity contribution in [3.05, 3.63) is 58.6 Å². The molecule has 0 unspecified atom stereocenters. The van der Waals surface area contributed by atoms with Crippen molar-refractivity contribution in [3.63, 3.8) is 0 Å². The summed E-state index contributed by atoms with van der Waals surface area (Å²) in [6.07, 6.45) is 0.959. The van der Waals surface area contributed by atoms with Crippen LogP contribution in [0, 0.1) is 0 Å². The van der Waals surface area contributed by atoms with Gasteiger partial charge < -0.3 is 13.9 Å². The maximum Gasteiger partial charge on any atom is 0.305 e. The maximum absolute atomic E-state index is 12.5. The van der Waals surface area contributed by atoms with Gasteiger partial charge in [0.15, 0.2) is 0 Å². The SMILES string of the molecule is CC(=O)OC(OC(C)=O)c1cocc(-c2ccccc2)c1=O. The normalized spacial score (nSPS) is 10.3. The molecule has 6 nitrogen and oxygen atoms in total. The summed E-state index contributed by atoms with van der Waals surface area (Å²) in [4.78, 5) is 34.8. The quantitative estimate of drug-likeness (QED) is 0.637. The Labute approximate surface area is 126 Å². The highest BCUT2D eigenvalue weighted by molar-refractivity contribution is 5.69. The van der Waals surface area contributed by atoms with E-state index in [-0.39, 0.29) is 11.1 Å². The van der Waals surface area contributed by atoms with E-state index in [0.717, 1.165) is 20.1 Å². The van der Waals surface area contributed by atoms with Gasteiger partial charge in [-0.25, -0.2) is 0 Å². The van der Waals surface area contributed by atoms with Crippen LogP contribution in [0.4, 0.5) is 0 Å². The molecular weight excluding hydrogens is 288 g/mol. The summed E-state index contributed by atoms with van der Waals surface area (Å²) in [5.74, 6) is -1.37. The van der Waals surface area contributed by atoms with Gasteiger partial charge in [-0.1, -0.05) is 30.3 Å². The van der Waals surface area contributed by atoms with Crippen molar-refractivity contribution in [3.8, 4) is 11.1 Å². The third-order valence-electron chi connectivity index (χ3n) is 2.77. The summed E-state index contributed by atoms with van der Waals surface area (Å²) in [5.41, 5.74) is 0.418. The molecule has 2 rings (SSSR count). The van der Waals surface area contributed by atoms with Crippen molar-refractivity contribution in [1.29, 1.82) is 0 Å². The summed E-state index contributed by atoms with van der Waals surface area (Å²) in [7, 11) is 0. The molecule has 0 aliphatic carbocycles. The van der Waals surface area contributed by atoms with Crippen LogP contribution in [0.2, 0.25) is 0 Å². The lowest BCUT2D eigenvalue weighted by Gasteiger charge is -2.16. The van der Waals surface area contributed by atoms with E-state index in [1.54, 1.807) is 24.3 Å². The predicted octanol–water partition coefficient (Wildman–Crippen LogP) is 2.43. The van der Waals surface area contributed by atoms with Crippen molar-refractivity contribution < 1.29 is 23.5 Å². The fraction of sp³-hybridized carbons (Fsp3) is 0.188. The minimum absolute atomic E-state index is 0.0632. The number of ether oxygens (including phenoxy) is 2. The van der Waals surface area contributed by atoms with Gasteiger partial charge in [-0.2, -0.15) is 0 Å². The molecule has 6 heteroatoms. The molecule has 0 atom stereocenters. The molecule has 0 spiro atoms. The third-order valence-corrected chi connectivity index (χ3v) is 2.77. The fourth-order valence-corrected chi connectivity index (χ4v) is 1.87. The van der Waals surface area contributed by atoms with Gasteiger partial charge in [0, 0.05) is 13.8 Å². The van der Waals surface area contributed by atoms with Gasteiger partial charge in [0.25, 0.3) is 6.29 Å². The van der Waals surface area contributed by atoms with Crippen LogP contribution >= 0.6 is 0 Å². The lowest BCUT2D eigenvalue weighted by molar-refractivity contribution is -0.186. The van der Waals surface area contributed by atoms with Gasteiger partial charge in [0.05, 0.1) is 5.56 Å². The Hall–Kier alpha value is -2.89. The van der Waals surface area contributed by atoms with Crippen molar-refractivity contribution >= 4 is 11.9 Å². The third kappa shape index (κ3) is 3.60. The zero-order valence-corrected chi connectivity index (χ0v) is 12.1. The first kappa shape index (κ1) is 15.5. The van der Waals surface area contributed by atoms with E-state index in [4.69, 9.17) is 13.9 Å². The molecule has 0 radical (unpaired) electrons. The zero-order valence-electron chi connectivity index (χ0n) is 12.1. The number of rotatable bonds is 4. The number of carbonyl (C=O) groups excluding carboxylic acids is 2. The molecule has 114 valence electrons. The van der Waals surface area contributed by atoms with Crippen LogP contribution in [0.3, 0.4) is 0 Å². The lowest BCUT2D eigenvalue weighted by atomic mass is 10.1. The maximum atomic E-state index is 12.5. The Morgan fingerprint density at radius 1 is 1.00 bits per heavy atom. The number of esters is 2. The van der Waals surface area contributed by atoms with Crippen molar-refractivity contribution in [1.82, 2.24) is 0 Å². The Kier molecular flexibility index (Phi) is 4.73. The van der Waals surface area contributed by atoms with Crippen LogP contribution in [0.5, 0.6) is 0 Å².